The average Bonchev–Trinajstić information content (AvgIpc) is 2.86. The van der Waals surface area contributed by atoms with Gasteiger partial charge in [0.05, 0.1) is 18.8 Å². The normalized spacial score (nSPS) is 12.5. The number of hydrogen-bond donors (Lipinski definition) is 3. The molecule has 1 unspecified atom stereocenters. The average molecular weight is 528 g/mol. The largest absolute Gasteiger partial charge is 0.489 e. The highest BCUT2D eigenvalue weighted by atomic mass is 35.5. The molecule has 3 N–H and O–H groups in total. The van der Waals surface area contributed by atoms with Gasteiger partial charge in [-0.05, 0) is 56.2 Å². The Hall–Kier alpha value is -3.26. The molecule has 0 fully saturated rings. The molecule has 8 heteroatoms. The van der Waals surface area contributed by atoms with Crippen LogP contribution in [0.25, 0.3) is 0 Å². The van der Waals surface area contributed by atoms with Crippen LogP contribution < -0.4 is 14.8 Å². The van der Waals surface area contributed by atoms with Crippen LogP contribution in [-0.2, 0) is 11.3 Å². The fourth-order valence-electron chi connectivity index (χ4n) is 3.74. The first kappa shape index (κ1) is 28.3. The summed E-state index contributed by atoms with van der Waals surface area (Å²) in [5.41, 5.74) is -0.440. The van der Waals surface area contributed by atoms with Crippen LogP contribution in [-0.4, -0.2) is 40.7 Å². The zero-order valence-electron chi connectivity index (χ0n) is 21.5. The third kappa shape index (κ3) is 7.86. The summed E-state index contributed by atoms with van der Waals surface area (Å²) in [6.45, 7) is 6.36. The van der Waals surface area contributed by atoms with Crippen molar-refractivity contribution in [3.8, 4) is 17.2 Å². The van der Waals surface area contributed by atoms with E-state index >= 15 is 0 Å². The van der Waals surface area contributed by atoms with Gasteiger partial charge in [-0.2, -0.15) is 0 Å². The number of halogens is 1. The second kappa shape index (κ2) is 12.3. The first-order valence-corrected chi connectivity index (χ1v) is 12.4. The predicted octanol–water partition coefficient (Wildman–Crippen LogP) is 6.06. The summed E-state index contributed by atoms with van der Waals surface area (Å²) in [4.78, 5) is 12.4. The van der Waals surface area contributed by atoms with Crippen molar-refractivity contribution in [3.05, 3.63) is 88.9 Å². The van der Waals surface area contributed by atoms with Crippen molar-refractivity contribution in [2.24, 2.45) is 0 Å². The van der Waals surface area contributed by atoms with Gasteiger partial charge in [0, 0.05) is 17.0 Å². The van der Waals surface area contributed by atoms with Crippen molar-refractivity contribution in [2.45, 2.75) is 51.4 Å². The molecular formula is C29H34ClNO6. The van der Waals surface area contributed by atoms with Gasteiger partial charge in [-0.3, -0.25) is 0 Å². The van der Waals surface area contributed by atoms with Crippen LogP contribution in [0.5, 0.6) is 17.2 Å². The number of hydrogen-bond acceptors (Lipinski definition) is 6. The van der Waals surface area contributed by atoms with Crippen LogP contribution in [0.15, 0.2) is 72.8 Å². The lowest BCUT2D eigenvalue weighted by Gasteiger charge is -2.37. The Morgan fingerprint density at radius 3 is 2.19 bits per heavy atom. The Labute approximate surface area is 223 Å². The molecule has 3 aromatic rings. The molecule has 1 atom stereocenters. The van der Waals surface area contributed by atoms with E-state index in [1.165, 1.54) is 0 Å². The second-order valence-corrected chi connectivity index (χ2v) is 10.3. The Morgan fingerprint density at radius 1 is 0.919 bits per heavy atom. The first-order chi connectivity index (χ1) is 17.5. The highest BCUT2D eigenvalue weighted by molar-refractivity contribution is 6.31. The fraction of sp³-hybridized carbons (Fsp3) is 0.345. The molecule has 0 aromatic heterocycles. The molecule has 0 bridgehead atoms. The number of carbonyl (C=O) groups is 1. The maximum absolute atomic E-state index is 12.4. The Bertz CT molecular complexity index is 1170. The van der Waals surface area contributed by atoms with Crippen molar-refractivity contribution < 1.29 is 29.2 Å². The lowest BCUT2D eigenvalue weighted by Crippen LogP contribution is -2.58. The number of benzene rings is 3. The molecule has 0 spiro atoms. The SMILES string of the molecule is CC(c1ccc(Oc2cccc(OCc3ccccc3)c2)cc1Cl)C(CO)(CO)NC(=O)OC(C)(C)C. The Kier molecular flexibility index (Phi) is 9.43. The molecular weight excluding hydrogens is 494 g/mol. The van der Waals surface area contributed by atoms with E-state index in [-0.39, 0.29) is 0 Å². The summed E-state index contributed by atoms with van der Waals surface area (Å²) in [7, 11) is 0. The lowest BCUT2D eigenvalue weighted by atomic mass is 9.81. The molecule has 3 aromatic carbocycles. The summed E-state index contributed by atoms with van der Waals surface area (Å²) < 4.78 is 17.2. The van der Waals surface area contributed by atoms with Crippen LogP contribution in [0.3, 0.4) is 0 Å². The van der Waals surface area contributed by atoms with Gasteiger partial charge in [0.15, 0.2) is 0 Å². The highest BCUT2D eigenvalue weighted by Gasteiger charge is 2.40. The van der Waals surface area contributed by atoms with Crippen LogP contribution in [0.1, 0.15) is 44.7 Å². The number of nitrogens with one attached hydrogen (secondary N) is 1. The van der Waals surface area contributed by atoms with Crippen LogP contribution in [0.4, 0.5) is 4.79 Å². The lowest BCUT2D eigenvalue weighted by molar-refractivity contribution is 0.0240. The van der Waals surface area contributed by atoms with Gasteiger partial charge in [0.2, 0.25) is 0 Å². The number of carbonyl (C=O) groups excluding carboxylic acids is 1. The molecule has 198 valence electrons. The summed E-state index contributed by atoms with van der Waals surface area (Å²) in [6, 6.07) is 22.3. The molecule has 0 saturated heterocycles. The summed E-state index contributed by atoms with van der Waals surface area (Å²) >= 11 is 6.59. The van der Waals surface area contributed by atoms with E-state index in [2.05, 4.69) is 5.32 Å². The molecule has 3 rings (SSSR count). The van der Waals surface area contributed by atoms with Gasteiger partial charge in [-0.15, -0.1) is 0 Å². The molecule has 1 amide bonds. The van der Waals surface area contributed by atoms with Crippen molar-refractivity contribution >= 4 is 17.7 Å². The van der Waals surface area contributed by atoms with Crippen LogP contribution in [0, 0.1) is 0 Å². The van der Waals surface area contributed by atoms with Crippen LogP contribution in [0.2, 0.25) is 5.02 Å². The monoisotopic (exact) mass is 527 g/mol. The number of alkyl carbamates (subject to hydrolysis) is 1. The van der Waals surface area contributed by atoms with E-state index in [0.29, 0.717) is 34.4 Å². The summed E-state index contributed by atoms with van der Waals surface area (Å²) in [6.07, 6.45) is -0.743. The van der Waals surface area contributed by atoms with Gasteiger partial charge in [-0.1, -0.05) is 61.0 Å². The minimum atomic E-state index is -1.39. The Morgan fingerprint density at radius 2 is 1.57 bits per heavy atom. The molecule has 0 aliphatic carbocycles. The van der Waals surface area contributed by atoms with E-state index in [1.54, 1.807) is 52.0 Å². The Balaban J connectivity index is 1.72. The number of aliphatic hydroxyl groups excluding tert-OH is 2. The van der Waals surface area contributed by atoms with E-state index in [4.69, 9.17) is 25.8 Å². The van der Waals surface area contributed by atoms with Gasteiger partial charge in [0.25, 0.3) is 0 Å². The minimum absolute atomic E-state index is 0.360. The van der Waals surface area contributed by atoms with Crippen molar-refractivity contribution in [3.63, 3.8) is 0 Å². The third-order valence-electron chi connectivity index (χ3n) is 5.87. The van der Waals surface area contributed by atoms with Gasteiger partial charge in [-0.25, -0.2) is 4.79 Å². The van der Waals surface area contributed by atoms with E-state index in [1.807, 2.05) is 48.5 Å². The van der Waals surface area contributed by atoms with Gasteiger partial charge >= 0.3 is 6.09 Å². The standard InChI is InChI=1S/C29H34ClNO6/c1-20(29(18-32,19-33)31-27(34)37-28(2,3)4)25-14-13-24(16-26(25)30)36-23-12-8-11-22(15-23)35-17-21-9-6-5-7-10-21/h5-16,20,32-33H,17-19H2,1-4H3,(H,31,34). The summed E-state index contributed by atoms with van der Waals surface area (Å²) in [5, 5.41) is 23.2. The van der Waals surface area contributed by atoms with E-state index < -0.39 is 36.4 Å². The van der Waals surface area contributed by atoms with Crippen molar-refractivity contribution in [2.75, 3.05) is 13.2 Å². The predicted molar refractivity (Wildman–Crippen MR) is 143 cm³/mol. The second-order valence-electron chi connectivity index (χ2n) is 9.86. The number of amides is 1. The molecule has 0 heterocycles. The van der Waals surface area contributed by atoms with E-state index in [9.17, 15) is 15.0 Å². The van der Waals surface area contributed by atoms with Gasteiger partial charge < -0.3 is 29.7 Å². The zero-order valence-corrected chi connectivity index (χ0v) is 22.3. The number of aliphatic hydroxyl groups is 2. The van der Waals surface area contributed by atoms with Crippen LogP contribution >= 0.6 is 11.6 Å². The highest BCUT2D eigenvalue weighted by Crippen LogP contribution is 2.36. The van der Waals surface area contributed by atoms with Crippen molar-refractivity contribution in [1.82, 2.24) is 5.32 Å². The molecule has 37 heavy (non-hydrogen) atoms. The third-order valence-corrected chi connectivity index (χ3v) is 6.20. The molecule has 0 radical (unpaired) electrons. The quantitative estimate of drug-likeness (QED) is 0.296. The molecule has 0 aliphatic heterocycles. The molecule has 0 saturated carbocycles. The fourth-order valence-corrected chi connectivity index (χ4v) is 4.08. The maximum Gasteiger partial charge on any atom is 0.408 e. The number of rotatable bonds is 10. The van der Waals surface area contributed by atoms with E-state index in [0.717, 1.165) is 5.56 Å². The smallest absolute Gasteiger partial charge is 0.408 e. The minimum Gasteiger partial charge on any atom is -0.489 e. The van der Waals surface area contributed by atoms with Crippen molar-refractivity contribution in [1.29, 1.82) is 0 Å². The van der Waals surface area contributed by atoms with Gasteiger partial charge in [0.1, 0.15) is 29.5 Å². The molecule has 7 nitrogen and oxygen atoms in total. The zero-order chi connectivity index (χ0) is 27.1. The first-order valence-electron chi connectivity index (χ1n) is 12.0. The maximum atomic E-state index is 12.4. The number of ether oxygens (including phenoxy) is 3. The topological polar surface area (TPSA) is 97.3 Å². The molecule has 0 aliphatic rings. The summed E-state index contributed by atoms with van der Waals surface area (Å²) in [5.74, 6) is 1.20.